The molecule has 1 nitrogen and oxygen atoms in total. The van der Waals surface area contributed by atoms with Gasteiger partial charge in [0.15, 0.2) is 0 Å². The molecule has 15 heavy (non-hydrogen) atoms. The van der Waals surface area contributed by atoms with E-state index in [4.69, 9.17) is 0 Å². The van der Waals surface area contributed by atoms with Crippen molar-refractivity contribution in [3.05, 3.63) is 20.8 Å². The summed E-state index contributed by atoms with van der Waals surface area (Å²) in [6.07, 6.45) is 2.77. The molecule has 2 rings (SSSR count). The van der Waals surface area contributed by atoms with Crippen molar-refractivity contribution >= 4 is 43.2 Å². The maximum absolute atomic E-state index is 3.62. The van der Waals surface area contributed by atoms with Crippen molar-refractivity contribution in [2.45, 2.75) is 19.4 Å². The van der Waals surface area contributed by atoms with Crippen LogP contribution >= 0.6 is 43.2 Å². The Morgan fingerprint density at radius 3 is 2.73 bits per heavy atom. The maximum Gasteiger partial charge on any atom is 0.0701 e. The predicted octanol–water partition coefficient (Wildman–Crippen LogP) is 4.12. The molecule has 1 fully saturated rings. The Kier molecular flexibility index (Phi) is 3.92. The van der Waals surface area contributed by atoms with Gasteiger partial charge >= 0.3 is 0 Å². The molecular formula is C11H15Br2NS. The SMILES string of the molecule is CN(Cc1csc(Br)c1)CC1(CBr)CC1. The van der Waals surface area contributed by atoms with Crippen LogP contribution in [0.3, 0.4) is 0 Å². The molecule has 0 atom stereocenters. The van der Waals surface area contributed by atoms with Crippen LogP contribution in [0.2, 0.25) is 0 Å². The highest BCUT2D eigenvalue weighted by atomic mass is 79.9. The third-order valence-corrected chi connectivity index (χ3v) is 5.66. The van der Waals surface area contributed by atoms with Crippen LogP contribution in [0, 0.1) is 5.41 Å². The molecule has 0 aliphatic heterocycles. The van der Waals surface area contributed by atoms with Crippen LogP contribution in [-0.4, -0.2) is 23.8 Å². The van der Waals surface area contributed by atoms with Crippen molar-refractivity contribution in [1.29, 1.82) is 0 Å². The lowest BCUT2D eigenvalue weighted by Crippen LogP contribution is -2.27. The van der Waals surface area contributed by atoms with E-state index in [0.717, 1.165) is 11.9 Å². The number of nitrogens with zero attached hydrogens (tertiary/aromatic N) is 1. The first-order valence-corrected chi connectivity index (χ1v) is 7.90. The van der Waals surface area contributed by atoms with Gasteiger partial charge in [-0.15, -0.1) is 11.3 Å². The highest BCUT2D eigenvalue weighted by Gasteiger charge is 2.42. The predicted molar refractivity (Wildman–Crippen MR) is 73.8 cm³/mol. The maximum atomic E-state index is 3.62. The van der Waals surface area contributed by atoms with E-state index in [1.165, 1.54) is 28.7 Å². The summed E-state index contributed by atoms with van der Waals surface area (Å²) in [5.74, 6) is 0. The number of hydrogen-bond donors (Lipinski definition) is 0. The lowest BCUT2D eigenvalue weighted by molar-refractivity contribution is 0.271. The summed E-state index contributed by atoms with van der Waals surface area (Å²) in [6, 6.07) is 2.22. The molecule has 1 aliphatic carbocycles. The van der Waals surface area contributed by atoms with Crippen LogP contribution in [0.25, 0.3) is 0 Å². The third kappa shape index (κ3) is 3.29. The van der Waals surface area contributed by atoms with Gasteiger partial charge in [-0.1, -0.05) is 15.9 Å². The van der Waals surface area contributed by atoms with E-state index in [-0.39, 0.29) is 0 Å². The fourth-order valence-electron chi connectivity index (χ4n) is 1.88. The van der Waals surface area contributed by atoms with E-state index in [2.05, 4.69) is 55.3 Å². The largest absolute Gasteiger partial charge is 0.302 e. The molecule has 0 N–H and O–H groups in total. The quantitative estimate of drug-likeness (QED) is 0.720. The van der Waals surface area contributed by atoms with E-state index in [9.17, 15) is 0 Å². The smallest absolute Gasteiger partial charge is 0.0701 e. The van der Waals surface area contributed by atoms with Gasteiger partial charge in [0.2, 0.25) is 0 Å². The van der Waals surface area contributed by atoms with Gasteiger partial charge in [0.05, 0.1) is 3.79 Å². The monoisotopic (exact) mass is 351 g/mol. The van der Waals surface area contributed by atoms with Crippen molar-refractivity contribution < 1.29 is 0 Å². The average Bonchev–Trinajstić information content (AvgIpc) is 2.84. The molecule has 84 valence electrons. The second kappa shape index (κ2) is 4.86. The van der Waals surface area contributed by atoms with Crippen molar-refractivity contribution in [2.24, 2.45) is 5.41 Å². The molecule has 1 saturated carbocycles. The zero-order valence-corrected chi connectivity index (χ0v) is 12.8. The molecule has 1 aliphatic rings. The van der Waals surface area contributed by atoms with Crippen molar-refractivity contribution in [1.82, 2.24) is 4.90 Å². The molecule has 0 aromatic carbocycles. The van der Waals surface area contributed by atoms with Crippen LogP contribution < -0.4 is 0 Å². The molecule has 0 bridgehead atoms. The molecule has 0 saturated heterocycles. The van der Waals surface area contributed by atoms with Gasteiger partial charge in [-0.05, 0) is 58.2 Å². The van der Waals surface area contributed by atoms with Gasteiger partial charge in [0, 0.05) is 18.4 Å². The van der Waals surface area contributed by atoms with Gasteiger partial charge in [-0.25, -0.2) is 0 Å². The van der Waals surface area contributed by atoms with Gasteiger partial charge in [-0.2, -0.15) is 0 Å². The lowest BCUT2D eigenvalue weighted by atomic mass is 10.1. The number of halogens is 2. The Morgan fingerprint density at radius 2 is 2.27 bits per heavy atom. The van der Waals surface area contributed by atoms with Gasteiger partial charge in [0.1, 0.15) is 0 Å². The minimum Gasteiger partial charge on any atom is -0.302 e. The Labute approximate surface area is 112 Å². The summed E-state index contributed by atoms with van der Waals surface area (Å²) in [5, 5.41) is 3.38. The molecule has 1 heterocycles. The topological polar surface area (TPSA) is 3.24 Å². The standard InChI is InChI=1S/C11H15Br2NS/c1-14(8-11(7-12)2-3-11)5-9-4-10(13)15-6-9/h4,6H,2-3,5,7-8H2,1H3. The Morgan fingerprint density at radius 1 is 1.53 bits per heavy atom. The summed E-state index contributed by atoms with van der Waals surface area (Å²) < 4.78 is 1.23. The summed E-state index contributed by atoms with van der Waals surface area (Å²) in [5.41, 5.74) is 2.00. The molecule has 0 amide bonds. The molecule has 4 heteroatoms. The normalized spacial score (nSPS) is 18.4. The van der Waals surface area contributed by atoms with E-state index in [1.54, 1.807) is 11.3 Å². The zero-order valence-electron chi connectivity index (χ0n) is 8.80. The summed E-state index contributed by atoms with van der Waals surface area (Å²) in [6.45, 7) is 2.28. The van der Waals surface area contributed by atoms with Gasteiger partial charge in [-0.3, -0.25) is 0 Å². The van der Waals surface area contributed by atoms with Crippen LogP contribution in [0.4, 0.5) is 0 Å². The summed E-state index contributed by atoms with van der Waals surface area (Å²) in [7, 11) is 2.22. The minimum atomic E-state index is 0.585. The van der Waals surface area contributed by atoms with E-state index in [0.29, 0.717) is 5.41 Å². The second-order valence-electron chi connectivity index (χ2n) is 4.56. The lowest BCUT2D eigenvalue weighted by Gasteiger charge is -2.21. The third-order valence-electron chi connectivity index (χ3n) is 2.92. The minimum absolute atomic E-state index is 0.585. The number of hydrogen-bond acceptors (Lipinski definition) is 2. The second-order valence-corrected chi connectivity index (χ2v) is 7.42. The first-order valence-electron chi connectivity index (χ1n) is 5.11. The molecule has 0 radical (unpaired) electrons. The highest BCUT2D eigenvalue weighted by molar-refractivity contribution is 9.11. The van der Waals surface area contributed by atoms with Crippen molar-refractivity contribution in [3.63, 3.8) is 0 Å². The molecular weight excluding hydrogens is 338 g/mol. The average molecular weight is 353 g/mol. The Balaban J connectivity index is 1.84. The van der Waals surface area contributed by atoms with Crippen molar-refractivity contribution in [2.75, 3.05) is 18.9 Å². The Hall–Kier alpha value is 0.620. The number of thiophene rings is 1. The number of rotatable bonds is 5. The van der Waals surface area contributed by atoms with Crippen LogP contribution in [-0.2, 0) is 6.54 Å². The van der Waals surface area contributed by atoms with Gasteiger partial charge in [0.25, 0.3) is 0 Å². The van der Waals surface area contributed by atoms with E-state index >= 15 is 0 Å². The van der Waals surface area contributed by atoms with E-state index < -0.39 is 0 Å². The van der Waals surface area contributed by atoms with Crippen LogP contribution in [0.1, 0.15) is 18.4 Å². The van der Waals surface area contributed by atoms with E-state index in [1.807, 2.05) is 0 Å². The molecule has 1 aromatic heterocycles. The fourth-order valence-corrected chi connectivity index (χ4v) is 3.82. The first kappa shape index (κ1) is 12.1. The molecule has 0 unspecified atom stereocenters. The zero-order chi connectivity index (χ0) is 10.9. The highest BCUT2D eigenvalue weighted by Crippen LogP contribution is 2.47. The first-order chi connectivity index (χ1) is 7.13. The molecule has 1 aromatic rings. The Bertz CT molecular complexity index is 333. The number of alkyl halides is 1. The fraction of sp³-hybridized carbons (Fsp3) is 0.636. The van der Waals surface area contributed by atoms with Crippen LogP contribution in [0.5, 0.6) is 0 Å². The van der Waals surface area contributed by atoms with Crippen molar-refractivity contribution in [3.8, 4) is 0 Å². The summed E-state index contributed by atoms with van der Waals surface area (Å²) in [4.78, 5) is 2.43. The van der Waals surface area contributed by atoms with Crippen LogP contribution in [0.15, 0.2) is 15.2 Å². The van der Waals surface area contributed by atoms with Gasteiger partial charge < -0.3 is 4.90 Å². The molecule has 0 spiro atoms. The summed E-state index contributed by atoms with van der Waals surface area (Å²) >= 11 is 8.89.